The molecular weight excluding hydrogens is 1080 g/mol. The first kappa shape index (κ1) is 57.9. The molecule has 0 saturated heterocycles. The Morgan fingerprint density at radius 1 is 0.500 bits per heavy atom. The summed E-state index contributed by atoms with van der Waals surface area (Å²) in [6.45, 7) is 0. The molecule has 4 aromatic carbocycles. The number of allylic oxidation sites excluding steroid dienone is 6. The van der Waals surface area contributed by atoms with Crippen molar-refractivity contribution in [3.63, 3.8) is 0 Å². The lowest BCUT2D eigenvalue weighted by atomic mass is 9.91. The molecule has 9 rings (SSSR count). The van der Waals surface area contributed by atoms with Gasteiger partial charge in [-0.3, -0.25) is 21.8 Å². The van der Waals surface area contributed by atoms with E-state index in [1.807, 2.05) is 0 Å². The number of aliphatic imine (C=N–C) groups is 4. The molecule has 0 fully saturated rings. The number of methoxy groups -OCH3 is 12. The number of ether oxygens (including phenoxy) is 12. The summed E-state index contributed by atoms with van der Waals surface area (Å²) in [5, 5.41) is 32.9. The molecule has 0 atom stereocenters. The van der Waals surface area contributed by atoms with Crippen molar-refractivity contribution in [1.29, 1.82) is 10.8 Å². The van der Waals surface area contributed by atoms with Crippen molar-refractivity contribution < 1.29 is 56.8 Å². The first-order valence-electron chi connectivity index (χ1n) is 25.7. The maximum absolute atomic E-state index is 9.36. The van der Waals surface area contributed by atoms with Crippen LogP contribution in [0.15, 0.2) is 138 Å². The molecule has 84 heavy (non-hydrogen) atoms. The number of benzene rings is 4. The lowest BCUT2D eigenvalue weighted by Gasteiger charge is -2.48. The van der Waals surface area contributed by atoms with Gasteiger partial charge in [0.1, 0.15) is 18.6 Å². The molecule has 0 radical (unpaired) electrons. The second-order valence-electron chi connectivity index (χ2n) is 18.6. The van der Waals surface area contributed by atoms with Crippen LogP contribution in [-0.4, -0.2) is 120 Å². The highest BCUT2D eigenvalue weighted by molar-refractivity contribution is 6.56. The smallest absolute Gasteiger partial charge is 0.250 e. The second-order valence-corrected chi connectivity index (χ2v) is 18.6. The Morgan fingerprint density at radius 2 is 0.952 bits per heavy atom. The van der Waals surface area contributed by atoms with Crippen molar-refractivity contribution in [3.8, 4) is 69.0 Å². The Labute approximate surface area is 486 Å². The molecule has 0 spiro atoms. The van der Waals surface area contributed by atoms with E-state index >= 15 is 0 Å². The van der Waals surface area contributed by atoms with Gasteiger partial charge in [0.15, 0.2) is 74.9 Å². The van der Waals surface area contributed by atoms with E-state index in [2.05, 4.69) is 21.3 Å². The molecule has 0 aromatic heterocycles. The molecule has 10 N–H and O–H groups in total. The summed E-state index contributed by atoms with van der Waals surface area (Å²) in [4.78, 5) is 20.9. The van der Waals surface area contributed by atoms with Gasteiger partial charge in [0.2, 0.25) is 28.7 Å². The van der Waals surface area contributed by atoms with Crippen LogP contribution in [0.5, 0.6) is 69.0 Å². The Morgan fingerprint density at radius 3 is 1.43 bits per heavy atom. The molecule has 8 bridgehead atoms. The van der Waals surface area contributed by atoms with Gasteiger partial charge in [-0.2, -0.15) is 4.99 Å². The van der Waals surface area contributed by atoms with E-state index in [0.29, 0.717) is 138 Å². The van der Waals surface area contributed by atoms with Crippen LogP contribution in [0.2, 0.25) is 0 Å². The molecule has 5 aliphatic rings. The van der Waals surface area contributed by atoms with Crippen molar-refractivity contribution in [1.82, 2.24) is 0 Å². The third-order valence-corrected chi connectivity index (χ3v) is 13.6. The highest BCUT2D eigenvalue weighted by Gasteiger charge is 2.38. The molecule has 1 heterocycles. The van der Waals surface area contributed by atoms with E-state index in [1.165, 1.54) is 97.5 Å². The molecule has 24 heteroatoms. The first-order chi connectivity index (χ1) is 40.6. The topological polar surface area (TPSA) is 308 Å². The van der Waals surface area contributed by atoms with Crippen LogP contribution in [0.1, 0.15) is 12.8 Å². The zero-order valence-electron chi connectivity index (χ0n) is 48.3. The van der Waals surface area contributed by atoms with E-state index < -0.39 is 0 Å². The summed E-state index contributed by atoms with van der Waals surface area (Å²) < 4.78 is 68.6. The summed E-state index contributed by atoms with van der Waals surface area (Å²) in [5.74, 6) is 4.70. The Balaban J connectivity index is 1.29. The van der Waals surface area contributed by atoms with Crippen LogP contribution in [0.4, 0.5) is 22.7 Å². The average Bonchev–Trinajstić information content (AvgIpc) is 3.69. The van der Waals surface area contributed by atoms with Crippen LogP contribution >= 0.6 is 0 Å². The lowest BCUT2D eigenvalue weighted by molar-refractivity contribution is 0.324. The van der Waals surface area contributed by atoms with Gasteiger partial charge >= 0.3 is 0 Å². The maximum atomic E-state index is 9.36. The predicted molar refractivity (Wildman–Crippen MR) is 323 cm³/mol. The van der Waals surface area contributed by atoms with Crippen LogP contribution in [0.3, 0.4) is 0 Å². The van der Waals surface area contributed by atoms with Crippen molar-refractivity contribution >= 4 is 57.0 Å². The summed E-state index contributed by atoms with van der Waals surface area (Å²) >= 11 is 0. The standard InChI is InChI=1S/C60H64N12O12/c1-73-49-13-29(14-50(74-2)57(49)81-9)65-41-25-42(66-30-15-51(75-3)58(82-10)52(16-30)76-4)46-27-45(41)69-37-23-38(34(62)21-33(37)61)71-47-28-48(72-40-24-39(70-46)35(63)22-36(40)64)44(68-32-19-55(79-7)60(84-12)56(20-32)80-8)26-43(47)67-31-17-53(77-5)59(83-11)54(18-31)78-6/h13-24,27-28,61,64-68H,25-26,62-63H2,1-12H3. The van der Waals surface area contributed by atoms with E-state index in [-0.39, 0.29) is 58.5 Å². The van der Waals surface area contributed by atoms with Crippen LogP contribution in [0, 0.1) is 35.7 Å². The minimum Gasteiger partial charge on any atom is -0.513 e. The normalized spacial score (nSPS) is 15.6. The molecule has 0 saturated carbocycles. The van der Waals surface area contributed by atoms with Crippen LogP contribution < -0.4 is 89.6 Å². The lowest BCUT2D eigenvalue weighted by Crippen LogP contribution is -2.32. The quantitative estimate of drug-likeness (QED) is 0.0303. The molecule has 0 unspecified atom stereocenters. The number of nitrogens with zero attached hydrogens (tertiary/aromatic N) is 4. The highest BCUT2D eigenvalue weighted by Crippen LogP contribution is 2.47. The molecule has 24 nitrogen and oxygen atoms in total. The number of nitrogens with one attached hydrogen (secondary N) is 6. The summed E-state index contributed by atoms with van der Waals surface area (Å²) in [6.07, 6.45) is 9.96. The maximum Gasteiger partial charge on any atom is 0.250 e. The van der Waals surface area contributed by atoms with Gasteiger partial charge in [0.25, 0.3) is 5.70 Å². The van der Waals surface area contributed by atoms with Gasteiger partial charge in [-0.15, -0.1) is 6.42 Å². The molecule has 436 valence electrons. The molecule has 0 amide bonds. The van der Waals surface area contributed by atoms with Crippen LogP contribution in [-0.2, 0) is 0 Å². The largest absolute Gasteiger partial charge is 0.513 e. The SMILES string of the molecule is COc1cc(NC2=C3C=C(N=C4[CH+]C(=NC5=C(Nc6cc(OC)c(OC)c(OC)c6)C[C-](Nc6cc(OC)c(OC)c(OC)c6)C(=NC6=CC(=N3)C(N)=CC6=N)[CH-]5)C(N)=CC4=N)[C+](Nc3cc(OC)c(OC)c(OC)c3)C2)cc(OC)c1OC. The van der Waals surface area contributed by atoms with Crippen molar-refractivity contribution in [3.05, 3.63) is 143 Å². The van der Waals surface area contributed by atoms with E-state index in [4.69, 9.17) is 88.3 Å². The van der Waals surface area contributed by atoms with Crippen molar-refractivity contribution in [2.45, 2.75) is 12.8 Å². The van der Waals surface area contributed by atoms with E-state index in [9.17, 15) is 10.8 Å². The number of hydrogen-bond donors (Lipinski definition) is 8. The van der Waals surface area contributed by atoms with Gasteiger partial charge in [-0.1, -0.05) is 5.70 Å². The van der Waals surface area contributed by atoms with Gasteiger partial charge in [0.05, 0.1) is 126 Å². The third kappa shape index (κ3) is 11.7. The van der Waals surface area contributed by atoms with Gasteiger partial charge in [-0.25, -0.2) is 16.1 Å². The Bertz CT molecular complexity index is 3550. The number of hydrogen-bond acceptors (Lipinski definition) is 24. The zero-order chi connectivity index (χ0) is 59.9. The summed E-state index contributed by atoms with van der Waals surface area (Å²) in [6, 6.07) is 15.2. The molecular formula is C60H64N12O12. The second kappa shape index (κ2) is 24.9. The number of rotatable bonds is 20. The fraction of sp³-hybridized carbons (Fsp3) is 0.233. The fourth-order valence-electron chi connectivity index (χ4n) is 9.55. The number of anilines is 4. The summed E-state index contributed by atoms with van der Waals surface area (Å²) in [7, 11) is 18.3. The predicted octanol–water partition coefficient (Wildman–Crippen LogP) is 8.54. The van der Waals surface area contributed by atoms with E-state index in [1.54, 1.807) is 73.5 Å². The minimum atomic E-state index is -0.00544. The van der Waals surface area contributed by atoms with Crippen LogP contribution in [0.25, 0.3) is 0 Å². The van der Waals surface area contributed by atoms with E-state index in [0.717, 1.165) is 0 Å². The Hall–Kier alpha value is -10.8. The van der Waals surface area contributed by atoms with Crippen molar-refractivity contribution in [2.75, 3.05) is 107 Å². The van der Waals surface area contributed by atoms with Gasteiger partial charge in [-0.05, 0) is 17.8 Å². The monoisotopic (exact) mass is 1140 g/mol. The summed E-state index contributed by atoms with van der Waals surface area (Å²) in [5.41, 5.74) is 19.7. The molecule has 1 aliphatic heterocycles. The molecule has 4 aromatic rings. The minimum absolute atomic E-state index is 0.00544. The number of fused-ring (bicyclic) bond motifs is 6. The van der Waals surface area contributed by atoms with Gasteiger partial charge < -0.3 is 95.7 Å². The van der Waals surface area contributed by atoms with Crippen molar-refractivity contribution in [2.24, 2.45) is 31.4 Å². The fourth-order valence-corrected chi connectivity index (χ4v) is 9.55. The highest BCUT2D eigenvalue weighted by atomic mass is 16.5. The Kier molecular flexibility index (Phi) is 17.2. The third-order valence-electron chi connectivity index (χ3n) is 13.6. The molecule has 4 aliphatic carbocycles. The number of nitrogens with two attached hydrogens (primary N) is 2. The first-order valence-corrected chi connectivity index (χ1v) is 25.7. The average molecular weight is 1150 g/mol. The zero-order valence-corrected chi connectivity index (χ0v) is 48.3. The van der Waals surface area contributed by atoms with Gasteiger partial charge in [0, 0.05) is 65.6 Å².